The molecule has 0 unspecified atom stereocenters. The van der Waals surface area contributed by atoms with Crippen LogP contribution in [0.1, 0.15) is 46.1 Å². The van der Waals surface area contributed by atoms with Gasteiger partial charge in [0.15, 0.2) is 0 Å². The van der Waals surface area contributed by atoms with Gasteiger partial charge in [-0.15, -0.1) is 4.91 Å². The first-order valence-electron chi connectivity index (χ1n) is 8.09. The highest BCUT2D eigenvalue weighted by atomic mass is 16.6. The van der Waals surface area contributed by atoms with Crippen molar-refractivity contribution >= 4 is 23.2 Å². The van der Waals surface area contributed by atoms with Crippen LogP contribution in [0.3, 0.4) is 0 Å². The Balaban J connectivity index is 3.07. The molecule has 0 spiro atoms. The molecule has 0 aliphatic carbocycles. The van der Waals surface area contributed by atoms with Crippen LogP contribution in [0.4, 0.5) is 16.2 Å². The SMILES string of the molecule is C=C(OCCCC)c1cc(OC)c(NC(=O)OC(C)(C)C)cc1N=O. The van der Waals surface area contributed by atoms with Gasteiger partial charge in [-0.2, -0.15) is 0 Å². The summed E-state index contributed by atoms with van der Waals surface area (Å²) in [5, 5.41) is 5.55. The van der Waals surface area contributed by atoms with Crippen molar-refractivity contribution in [1.82, 2.24) is 0 Å². The van der Waals surface area contributed by atoms with E-state index in [0.717, 1.165) is 12.8 Å². The molecule has 0 fully saturated rings. The van der Waals surface area contributed by atoms with Crippen LogP contribution in [0, 0.1) is 4.91 Å². The highest BCUT2D eigenvalue weighted by Crippen LogP contribution is 2.36. The molecular formula is C18H26N2O5. The van der Waals surface area contributed by atoms with Gasteiger partial charge in [-0.05, 0) is 44.5 Å². The molecule has 0 radical (unpaired) electrons. The predicted octanol–water partition coefficient (Wildman–Crippen LogP) is 5.23. The van der Waals surface area contributed by atoms with Gasteiger partial charge in [0.2, 0.25) is 0 Å². The van der Waals surface area contributed by atoms with Gasteiger partial charge in [-0.1, -0.05) is 19.9 Å². The first-order chi connectivity index (χ1) is 11.7. The van der Waals surface area contributed by atoms with E-state index in [9.17, 15) is 9.70 Å². The summed E-state index contributed by atoms with van der Waals surface area (Å²) in [5.41, 5.74) is 0.132. The molecule has 0 aromatic heterocycles. The third-order valence-corrected chi connectivity index (χ3v) is 3.13. The summed E-state index contributed by atoms with van der Waals surface area (Å²) < 4.78 is 16.0. The van der Waals surface area contributed by atoms with Crippen molar-refractivity contribution in [2.45, 2.75) is 46.1 Å². The van der Waals surface area contributed by atoms with E-state index in [1.807, 2.05) is 6.92 Å². The number of carbonyl (C=O) groups excluding carboxylic acids is 1. The number of carbonyl (C=O) groups is 1. The molecule has 7 heteroatoms. The lowest BCUT2D eigenvalue weighted by Gasteiger charge is -2.20. The zero-order valence-corrected chi connectivity index (χ0v) is 15.5. The van der Waals surface area contributed by atoms with E-state index in [2.05, 4.69) is 17.1 Å². The lowest BCUT2D eigenvalue weighted by molar-refractivity contribution is 0.0635. The largest absolute Gasteiger partial charge is 0.495 e. The summed E-state index contributed by atoms with van der Waals surface area (Å²) in [6.07, 6.45) is 1.19. The monoisotopic (exact) mass is 350 g/mol. The smallest absolute Gasteiger partial charge is 0.412 e. The standard InChI is InChI=1S/C18H26N2O5/c1-7-8-9-24-12(2)13-10-16(23-6)15(11-14(13)20-22)19-17(21)25-18(3,4)5/h10-11H,2,7-9H2,1,3-6H3,(H,19,21). The average Bonchev–Trinajstić information content (AvgIpc) is 2.52. The molecule has 7 nitrogen and oxygen atoms in total. The van der Waals surface area contributed by atoms with E-state index < -0.39 is 11.7 Å². The summed E-state index contributed by atoms with van der Waals surface area (Å²) in [4.78, 5) is 23.1. The van der Waals surface area contributed by atoms with Gasteiger partial charge in [0, 0.05) is 5.56 Å². The van der Waals surface area contributed by atoms with E-state index in [1.54, 1.807) is 26.8 Å². The van der Waals surface area contributed by atoms with Crippen molar-refractivity contribution < 1.29 is 19.0 Å². The molecule has 138 valence electrons. The molecule has 1 rings (SSSR count). The number of nitrogens with zero attached hydrogens (tertiary/aromatic N) is 1. The maximum atomic E-state index is 11.9. The molecule has 0 aliphatic rings. The molecule has 0 aliphatic heterocycles. The number of anilines is 1. The van der Waals surface area contributed by atoms with E-state index in [4.69, 9.17) is 14.2 Å². The van der Waals surface area contributed by atoms with Gasteiger partial charge in [0.05, 0.1) is 19.4 Å². The number of nitroso groups, excluding NO2 is 1. The maximum absolute atomic E-state index is 11.9. The minimum Gasteiger partial charge on any atom is -0.495 e. The third kappa shape index (κ3) is 6.45. The molecular weight excluding hydrogens is 324 g/mol. The summed E-state index contributed by atoms with van der Waals surface area (Å²) in [6, 6.07) is 2.96. The van der Waals surface area contributed by atoms with Gasteiger partial charge in [-0.25, -0.2) is 4.79 Å². The molecule has 25 heavy (non-hydrogen) atoms. The Hall–Kier alpha value is -2.57. The molecule has 0 bridgehead atoms. The fraction of sp³-hybridized carbons (Fsp3) is 0.500. The Morgan fingerprint density at radius 1 is 1.32 bits per heavy atom. The van der Waals surface area contributed by atoms with Gasteiger partial charge in [0.25, 0.3) is 0 Å². The Bertz CT molecular complexity index is 635. The summed E-state index contributed by atoms with van der Waals surface area (Å²) in [7, 11) is 1.45. The minimum absolute atomic E-state index is 0.0911. The fourth-order valence-electron chi connectivity index (χ4n) is 1.96. The van der Waals surface area contributed by atoms with Crippen molar-refractivity contribution in [2.75, 3.05) is 19.0 Å². The molecule has 0 heterocycles. The van der Waals surface area contributed by atoms with Crippen LogP contribution in [-0.2, 0) is 9.47 Å². The molecule has 0 atom stereocenters. The second-order valence-corrected chi connectivity index (χ2v) is 6.41. The normalized spacial score (nSPS) is 10.8. The summed E-state index contributed by atoms with van der Waals surface area (Å²) in [5.74, 6) is 0.665. The number of rotatable bonds is 8. The van der Waals surface area contributed by atoms with E-state index in [1.165, 1.54) is 13.2 Å². The zero-order valence-electron chi connectivity index (χ0n) is 15.5. The van der Waals surface area contributed by atoms with Crippen LogP contribution < -0.4 is 10.1 Å². The van der Waals surface area contributed by atoms with Crippen LogP contribution in [0.15, 0.2) is 23.9 Å². The lowest BCUT2D eigenvalue weighted by atomic mass is 10.1. The van der Waals surface area contributed by atoms with E-state index in [0.29, 0.717) is 23.7 Å². The van der Waals surface area contributed by atoms with Crippen LogP contribution >= 0.6 is 0 Å². The van der Waals surface area contributed by atoms with Crippen LogP contribution in [0.25, 0.3) is 5.76 Å². The number of benzene rings is 1. The molecule has 1 aromatic carbocycles. The van der Waals surface area contributed by atoms with Crippen LogP contribution in [0.2, 0.25) is 0 Å². The fourth-order valence-corrected chi connectivity index (χ4v) is 1.96. The third-order valence-electron chi connectivity index (χ3n) is 3.13. The van der Waals surface area contributed by atoms with Crippen molar-refractivity contribution in [1.29, 1.82) is 0 Å². The lowest BCUT2D eigenvalue weighted by Crippen LogP contribution is -2.27. The summed E-state index contributed by atoms with van der Waals surface area (Å²) in [6.45, 7) is 11.6. The highest BCUT2D eigenvalue weighted by molar-refractivity contribution is 5.89. The number of hydrogen-bond donors (Lipinski definition) is 1. The maximum Gasteiger partial charge on any atom is 0.412 e. The highest BCUT2D eigenvalue weighted by Gasteiger charge is 2.20. The molecule has 0 saturated carbocycles. The van der Waals surface area contributed by atoms with Gasteiger partial charge >= 0.3 is 6.09 Å². The first kappa shape index (κ1) is 20.5. The van der Waals surface area contributed by atoms with Gasteiger partial charge in [-0.3, -0.25) is 5.32 Å². The van der Waals surface area contributed by atoms with Crippen molar-refractivity contribution in [3.8, 4) is 5.75 Å². The molecule has 0 saturated heterocycles. The Labute approximate surface area is 148 Å². The molecule has 1 N–H and O–H groups in total. The topological polar surface area (TPSA) is 86.2 Å². The number of ether oxygens (including phenoxy) is 3. The van der Waals surface area contributed by atoms with Crippen molar-refractivity contribution in [3.05, 3.63) is 29.2 Å². The Morgan fingerprint density at radius 3 is 2.52 bits per heavy atom. The number of unbranched alkanes of at least 4 members (excludes halogenated alkanes) is 1. The number of methoxy groups -OCH3 is 1. The molecule has 1 amide bonds. The zero-order chi connectivity index (χ0) is 19.0. The Morgan fingerprint density at radius 2 is 2.00 bits per heavy atom. The second-order valence-electron chi connectivity index (χ2n) is 6.41. The number of amides is 1. The Kier molecular flexibility index (Phi) is 7.42. The van der Waals surface area contributed by atoms with Gasteiger partial charge < -0.3 is 14.2 Å². The van der Waals surface area contributed by atoms with Gasteiger partial charge in [0.1, 0.15) is 22.8 Å². The molecule has 1 aromatic rings. The minimum atomic E-state index is -0.659. The van der Waals surface area contributed by atoms with Crippen LogP contribution in [-0.4, -0.2) is 25.4 Å². The number of nitrogens with one attached hydrogen (secondary N) is 1. The number of hydrogen-bond acceptors (Lipinski definition) is 6. The van der Waals surface area contributed by atoms with Crippen molar-refractivity contribution in [2.24, 2.45) is 5.18 Å². The van der Waals surface area contributed by atoms with E-state index >= 15 is 0 Å². The predicted molar refractivity (Wildman–Crippen MR) is 98.2 cm³/mol. The van der Waals surface area contributed by atoms with Crippen LogP contribution in [0.5, 0.6) is 5.75 Å². The first-order valence-corrected chi connectivity index (χ1v) is 8.09. The quantitative estimate of drug-likeness (QED) is 0.394. The second kappa shape index (κ2) is 9.05. The average molecular weight is 350 g/mol. The van der Waals surface area contributed by atoms with E-state index in [-0.39, 0.29) is 11.4 Å². The summed E-state index contributed by atoms with van der Waals surface area (Å²) >= 11 is 0. The van der Waals surface area contributed by atoms with Crippen molar-refractivity contribution in [3.63, 3.8) is 0 Å².